The number of rotatable bonds is 6. The number of aromatic nitrogens is 2. The Balaban J connectivity index is 1.32. The third-order valence-corrected chi connectivity index (χ3v) is 7.37. The number of carbonyl (C=O) groups is 1. The molecule has 0 bridgehead atoms. The number of nitrogens with one attached hydrogen (secondary N) is 1. The third-order valence-electron chi connectivity index (χ3n) is 7.37. The summed E-state index contributed by atoms with van der Waals surface area (Å²) in [6.45, 7) is 3.41. The summed E-state index contributed by atoms with van der Waals surface area (Å²) in [5, 5.41) is 13.2. The number of amides is 1. The van der Waals surface area contributed by atoms with Gasteiger partial charge in [-0.05, 0) is 48.7 Å². The monoisotopic (exact) mass is 511 g/mol. The van der Waals surface area contributed by atoms with Crippen molar-refractivity contribution in [3.8, 4) is 0 Å². The van der Waals surface area contributed by atoms with Gasteiger partial charge < -0.3 is 15.3 Å². The molecule has 2 fully saturated rings. The molecule has 1 amide bonds. The lowest BCUT2D eigenvalue weighted by atomic mass is 9.92. The van der Waals surface area contributed by atoms with E-state index in [1.807, 2.05) is 12.1 Å². The SMILES string of the molecule is O=C(NC1CCCCC1O)c1cc(CN2CCN(c3ccc(C(F)F)nc3)CC2)c2ccccn2c1=O. The van der Waals surface area contributed by atoms with Gasteiger partial charge in [-0.25, -0.2) is 8.78 Å². The van der Waals surface area contributed by atoms with E-state index in [2.05, 4.69) is 20.1 Å². The van der Waals surface area contributed by atoms with Crippen LogP contribution in [0.1, 0.15) is 53.7 Å². The van der Waals surface area contributed by atoms with Crippen molar-refractivity contribution in [2.45, 2.75) is 50.8 Å². The van der Waals surface area contributed by atoms with Crippen LogP contribution in [0, 0.1) is 0 Å². The van der Waals surface area contributed by atoms with E-state index >= 15 is 0 Å². The first kappa shape index (κ1) is 25.3. The maximum atomic E-state index is 13.2. The van der Waals surface area contributed by atoms with E-state index in [-0.39, 0.29) is 22.9 Å². The summed E-state index contributed by atoms with van der Waals surface area (Å²) in [4.78, 5) is 34.5. The summed E-state index contributed by atoms with van der Waals surface area (Å²) < 4.78 is 27.1. The van der Waals surface area contributed by atoms with Crippen LogP contribution in [0.3, 0.4) is 0 Å². The van der Waals surface area contributed by atoms with E-state index in [0.717, 1.165) is 42.7 Å². The first-order valence-corrected chi connectivity index (χ1v) is 12.7. The Hall–Kier alpha value is -3.37. The van der Waals surface area contributed by atoms with Crippen molar-refractivity contribution in [1.82, 2.24) is 19.6 Å². The van der Waals surface area contributed by atoms with E-state index in [9.17, 15) is 23.5 Å². The minimum atomic E-state index is -2.58. The van der Waals surface area contributed by atoms with Crippen LogP contribution < -0.4 is 15.8 Å². The van der Waals surface area contributed by atoms with Crippen molar-refractivity contribution in [1.29, 1.82) is 0 Å². The number of alkyl halides is 2. The van der Waals surface area contributed by atoms with Gasteiger partial charge in [0.2, 0.25) is 0 Å². The van der Waals surface area contributed by atoms with Crippen LogP contribution in [0.5, 0.6) is 0 Å². The smallest absolute Gasteiger partial charge is 0.280 e. The zero-order chi connectivity index (χ0) is 25.9. The molecule has 196 valence electrons. The van der Waals surface area contributed by atoms with Crippen molar-refractivity contribution in [2.24, 2.45) is 0 Å². The largest absolute Gasteiger partial charge is 0.391 e. The van der Waals surface area contributed by atoms with E-state index in [1.54, 1.807) is 24.4 Å². The number of aliphatic hydroxyl groups excluding tert-OH is 1. The molecule has 1 aliphatic carbocycles. The molecule has 1 aliphatic heterocycles. The summed E-state index contributed by atoms with van der Waals surface area (Å²) >= 11 is 0. The predicted molar refractivity (Wildman–Crippen MR) is 136 cm³/mol. The number of halogens is 2. The minimum absolute atomic E-state index is 0.0697. The fraction of sp³-hybridized carbons (Fsp3) is 0.444. The van der Waals surface area contributed by atoms with Crippen LogP contribution >= 0.6 is 0 Å². The average molecular weight is 512 g/mol. The summed E-state index contributed by atoms with van der Waals surface area (Å²) in [5.74, 6) is -0.458. The Morgan fingerprint density at radius 1 is 1.11 bits per heavy atom. The van der Waals surface area contributed by atoms with Crippen molar-refractivity contribution in [3.63, 3.8) is 0 Å². The molecule has 10 heteroatoms. The Bertz CT molecular complexity index is 1310. The minimum Gasteiger partial charge on any atom is -0.391 e. The fourth-order valence-corrected chi connectivity index (χ4v) is 5.26. The molecule has 4 heterocycles. The van der Waals surface area contributed by atoms with Crippen LogP contribution in [0.15, 0.2) is 53.6 Å². The summed E-state index contributed by atoms with van der Waals surface area (Å²) in [7, 11) is 0. The van der Waals surface area contributed by atoms with E-state index in [4.69, 9.17) is 0 Å². The first-order valence-electron chi connectivity index (χ1n) is 12.7. The van der Waals surface area contributed by atoms with Gasteiger partial charge in [-0.15, -0.1) is 0 Å². The second kappa shape index (κ2) is 10.9. The molecule has 3 aromatic heterocycles. The highest BCUT2D eigenvalue weighted by atomic mass is 19.3. The van der Waals surface area contributed by atoms with Gasteiger partial charge in [0.25, 0.3) is 17.9 Å². The summed E-state index contributed by atoms with van der Waals surface area (Å²) in [5.41, 5.74) is 1.88. The molecule has 2 N–H and O–H groups in total. The maximum Gasteiger partial charge on any atom is 0.280 e. The topological polar surface area (TPSA) is 90.2 Å². The highest BCUT2D eigenvalue weighted by Crippen LogP contribution is 2.22. The van der Waals surface area contributed by atoms with Crippen LogP contribution in [-0.4, -0.2) is 63.6 Å². The predicted octanol–water partition coefficient (Wildman–Crippen LogP) is 2.99. The van der Waals surface area contributed by atoms with Gasteiger partial charge in [0.05, 0.1) is 29.5 Å². The number of hydrogen-bond acceptors (Lipinski definition) is 6. The normalized spacial score (nSPS) is 20.9. The van der Waals surface area contributed by atoms with Crippen LogP contribution in [0.2, 0.25) is 0 Å². The lowest BCUT2D eigenvalue weighted by molar-refractivity contribution is 0.0716. The number of fused-ring (bicyclic) bond motifs is 1. The molecule has 5 rings (SSSR count). The molecular formula is C27H31F2N5O3. The lowest BCUT2D eigenvalue weighted by Crippen LogP contribution is -2.47. The average Bonchev–Trinajstić information content (AvgIpc) is 2.92. The van der Waals surface area contributed by atoms with Gasteiger partial charge >= 0.3 is 0 Å². The quantitative estimate of drug-likeness (QED) is 0.529. The molecule has 0 aromatic carbocycles. The molecule has 1 saturated carbocycles. The number of anilines is 1. The summed E-state index contributed by atoms with van der Waals surface area (Å²) in [6, 6.07) is 9.87. The first-order chi connectivity index (χ1) is 17.9. The van der Waals surface area contributed by atoms with Gasteiger partial charge in [-0.3, -0.25) is 23.9 Å². The van der Waals surface area contributed by atoms with Crippen molar-refractivity contribution < 1.29 is 18.7 Å². The molecule has 37 heavy (non-hydrogen) atoms. The molecule has 1 saturated heterocycles. The Morgan fingerprint density at radius 2 is 1.89 bits per heavy atom. The summed E-state index contributed by atoms with van der Waals surface area (Å²) in [6.07, 6.45) is 3.18. The highest BCUT2D eigenvalue weighted by molar-refractivity contribution is 5.94. The molecule has 3 aromatic rings. The van der Waals surface area contributed by atoms with Gasteiger partial charge in [-0.1, -0.05) is 18.9 Å². The van der Waals surface area contributed by atoms with Crippen LogP contribution in [0.25, 0.3) is 5.52 Å². The Labute approximate surface area is 213 Å². The van der Waals surface area contributed by atoms with Crippen LogP contribution in [0.4, 0.5) is 14.5 Å². The number of carbonyl (C=O) groups excluding carboxylic acids is 1. The van der Waals surface area contributed by atoms with Gasteiger partial charge in [-0.2, -0.15) is 0 Å². The van der Waals surface area contributed by atoms with E-state index in [0.29, 0.717) is 32.5 Å². The second-order valence-corrected chi connectivity index (χ2v) is 9.78. The van der Waals surface area contributed by atoms with Crippen molar-refractivity contribution in [3.05, 3.63) is 76.0 Å². The number of aliphatic hydroxyl groups is 1. The zero-order valence-corrected chi connectivity index (χ0v) is 20.5. The van der Waals surface area contributed by atoms with Crippen molar-refractivity contribution >= 4 is 17.1 Å². The highest BCUT2D eigenvalue weighted by Gasteiger charge is 2.27. The van der Waals surface area contributed by atoms with Crippen LogP contribution in [-0.2, 0) is 6.54 Å². The lowest BCUT2D eigenvalue weighted by Gasteiger charge is -2.36. The standard InChI is InChI=1S/C27H31F2N5O3/c28-25(29)22-9-8-19(16-30-22)33-13-11-32(12-14-33)17-18-15-20(27(37)34-10-4-3-6-23(18)34)26(36)31-21-5-1-2-7-24(21)35/h3-4,6,8-10,15-16,21,24-25,35H,1-2,5,7,11-14,17H2,(H,31,36). The molecule has 2 aliphatic rings. The number of pyridine rings is 3. The molecule has 8 nitrogen and oxygen atoms in total. The molecular weight excluding hydrogens is 480 g/mol. The van der Waals surface area contributed by atoms with E-state index < -0.39 is 18.4 Å². The number of nitrogens with zero attached hydrogens (tertiary/aromatic N) is 4. The van der Waals surface area contributed by atoms with Crippen molar-refractivity contribution in [2.75, 3.05) is 31.1 Å². The zero-order valence-electron chi connectivity index (χ0n) is 20.5. The second-order valence-electron chi connectivity index (χ2n) is 9.78. The van der Waals surface area contributed by atoms with E-state index in [1.165, 1.54) is 16.7 Å². The molecule has 0 radical (unpaired) electrons. The number of piperazine rings is 1. The van der Waals surface area contributed by atoms with Gasteiger partial charge in [0.15, 0.2) is 0 Å². The van der Waals surface area contributed by atoms with Gasteiger partial charge in [0.1, 0.15) is 11.3 Å². The fourth-order valence-electron chi connectivity index (χ4n) is 5.26. The Kier molecular flexibility index (Phi) is 7.48. The number of hydrogen-bond donors (Lipinski definition) is 2. The third kappa shape index (κ3) is 5.50. The molecule has 0 spiro atoms. The Morgan fingerprint density at radius 3 is 2.59 bits per heavy atom. The van der Waals surface area contributed by atoms with Gasteiger partial charge in [0, 0.05) is 38.9 Å². The molecule has 2 atom stereocenters. The maximum absolute atomic E-state index is 13.2. The molecule has 2 unspecified atom stereocenters.